The monoisotopic (exact) mass is 1770 g/mol. The van der Waals surface area contributed by atoms with Crippen molar-refractivity contribution in [2.45, 2.75) is 37.0 Å². The molecule has 17 aromatic carbocycles. The van der Waals surface area contributed by atoms with Gasteiger partial charge in [0.15, 0.2) is 0 Å². The number of rotatable bonds is 21. The van der Waals surface area contributed by atoms with Crippen LogP contribution < -0.4 is 20.4 Å². The number of nitrogens with one attached hydrogen (secondary N) is 2. The molecule has 20 aromatic rings. The van der Waals surface area contributed by atoms with Crippen LogP contribution in [0.25, 0.3) is 107 Å². The van der Waals surface area contributed by atoms with E-state index in [0.717, 1.165) is 116 Å². The van der Waals surface area contributed by atoms with Crippen molar-refractivity contribution in [1.29, 1.82) is 0 Å². The van der Waals surface area contributed by atoms with Crippen molar-refractivity contribution >= 4 is 163 Å². The minimum atomic E-state index is -4.65. The number of fused-ring (bicyclic) bond motifs is 9. The van der Waals surface area contributed by atoms with Crippen LogP contribution in [0.2, 0.25) is 0 Å². The molecule has 130 heavy (non-hydrogen) atoms. The second-order valence-electron chi connectivity index (χ2n) is 32.3. The second kappa shape index (κ2) is 36.0. The maximum Gasteiger partial charge on any atom is 0.402 e. The minimum absolute atomic E-state index is 0.127. The van der Waals surface area contributed by atoms with Crippen molar-refractivity contribution in [3.05, 3.63) is 488 Å². The van der Waals surface area contributed by atoms with E-state index in [1.165, 1.54) is 65.6 Å². The van der Waals surface area contributed by atoms with E-state index >= 15 is 13.2 Å². The first-order valence-corrected chi connectivity index (χ1v) is 43.5. The molecule has 0 aliphatic carbocycles. The van der Waals surface area contributed by atoms with E-state index in [9.17, 15) is 13.2 Å². The highest BCUT2D eigenvalue weighted by Crippen LogP contribution is 2.51. The molecule has 0 saturated heterocycles. The molecule has 0 spiro atoms. The maximum absolute atomic E-state index is 16.0. The van der Waals surface area contributed by atoms with E-state index in [2.05, 4.69) is 228 Å². The van der Waals surface area contributed by atoms with Crippen molar-refractivity contribution in [3.63, 3.8) is 0 Å². The minimum Gasteiger partial charge on any atom is -0.356 e. The predicted octanol–water partition coefficient (Wildman–Crippen LogP) is 33.8. The standard InChI is InChI=1S/C67H49F3N4.C31H27F3N2.C18H12BrN/c1-4-46-24-32-52(33-25-46)71(56-40-42-64-60(44-56)58-20-12-14-22-62(58)73(64)50-16-8-6-9-17-50)54-36-28-48(29-37-54)66(3,67(68,69)70)49-30-38-55(39-31-49)72(53-34-26-47(5-2)27-35-53)57-41-43-65-61(45-57)59-21-13-15-23-63(59)74(65)51-18-10-7-11-19-51;1-4-22-6-14-26(15-7-22)35-28-18-10-24(11-19-28)30(3,31(32,33)34)25-12-20-29(21-13-25)36-27-16-8-23(5-2)9-17-27;19-13-10-11-18-16(12-13)15-8-4-5-9-17(15)20(18)14-6-2-1-3-7-14/h4-45H,1-2H2,3H3;4-21,35-36H,1-2H2,3H3;1-12H. The van der Waals surface area contributed by atoms with E-state index in [1.807, 2.05) is 164 Å². The Kier molecular flexibility index (Phi) is 23.6. The Morgan fingerprint density at radius 1 is 0.246 bits per heavy atom. The number of aromatic nitrogens is 3. The van der Waals surface area contributed by atoms with Crippen molar-refractivity contribution in [2.75, 3.05) is 20.4 Å². The van der Waals surface area contributed by atoms with Crippen molar-refractivity contribution in [3.8, 4) is 17.1 Å². The molecule has 0 aliphatic heterocycles. The van der Waals surface area contributed by atoms with Gasteiger partial charge in [-0.05, 0) is 265 Å². The zero-order valence-electron chi connectivity index (χ0n) is 71.3. The van der Waals surface area contributed by atoms with Gasteiger partial charge in [-0.3, -0.25) is 0 Å². The summed E-state index contributed by atoms with van der Waals surface area (Å²) in [5.41, 5.74) is 18.0. The summed E-state index contributed by atoms with van der Waals surface area (Å²) in [6, 6.07) is 133. The van der Waals surface area contributed by atoms with Gasteiger partial charge in [0.05, 0.1) is 33.1 Å². The van der Waals surface area contributed by atoms with Crippen LogP contribution in [0.5, 0.6) is 0 Å². The fourth-order valence-corrected chi connectivity index (χ4v) is 17.9. The van der Waals surface area contributed by atoms with Gasteiger partial charge in [0.25, 0.3) is 0 Å². The molecular weight excluding hydrogens is 1690 g/mol. The van der Waals surface area contributed by atoms with Gasteiger partial charge in [0, 0.05) is 111 Å². The summed E-state index contributed by atoms with van der Waals surface area (Å²) in [4.78, 5) is 4.19. The zero-order valence-corrected chi connectivity index (χ0v) is 72.9. The lowest BCUT2D eigenvalue weighted by Gasteiger charge is -2.34. The highest BCUT2D eigenvalue weighted by atomic mass is 79.9. The van der Waals surface area contributed by atoms with Crippen molar-refractivity contribution in [1.82, 2.24) is 13.7 Å². The quantitative estimate of drug-likeness (QED) is 0.0704. The van der Waals surface area contributed by atoms with Crippen LogP contribution in [0, 0.1) is 0 Å². The third-order valence-electron chi connectivity index (χ3n) is 24.6. The van der Waals surface area contributed by atoms with E-state index in [0.29, 0.717) is 22.7 Å². The molecule has 0 aliphatic rings. The van der Waals surface area contributed by atoms with Crippen molar-refractivity contribution in [2.24, 2.45) is 0 Å². The van der Waals surface area contributed by atoms with Crippen LogP contribution in [0.4, 0.5) is 83.2 Å². The number of hydrogen-bond donors (Lipinski definition) is 2. The molecule has 7 nitrogen and oxygen atoms in total. The summed E-state index contributed by atoms with van der Waals surface area (Å²) >= 11 is 3.57. The first-order valence-electron chi connectivity index (χ1n) is 42.7. The summed E-state index contributed by atoms with van der Waals surface area (Å²) in [6.07, 6.45) is -2.05. The third kappa shape index (κ3) is 16.5. The first-order chi connectivity index (χ1) is 63.2. The van der Waals surface area contributed by atoms with Crippen LogP contribution in [-0.4, -0.2) is 26.1 Å². The van der Waals surface area contributed by atoms with Gasteiger partial charge in [-0.25, -0.2) is 0 Å². The second-order valence-corrected chi connectivity index (χ2v) is 33.2. The third-order valence-corrected chi connectivity index (χ3v) is 25.1. The fourth-order valence-electron chi connectivity index (χ4n) is 17.5. The number of benzene rings is 17. The fraction of sp³-hybridized carbons (Fsp3) is 0.0517. The predicted molar refractivity (Wildman–Crippen MR) is 537 cm³/mol. The van der Waals surface area contributed by atoms with Gasteiger partial charge in [0.1, 0.15) is 10.8 Å². The Hall–Kier alpha value is -15.6. The maximum atomic E-state index is 16.0. The molecule has 2 N–H and O–H groups in total. The molecule has 0 atom stereocenters. The van der Waals surface area contributed by atoms with Gasteiger partial charge < -0.3 is 34.1 Å². The molecule has 3 aromatic heterocycles. The molecule has 0 bridgehead atoms. The summed E-state index contributed by atoms with van der Waals surface area (Å²) < 4.78 is 99.2. The van der Waals surface area contributed by atoms with Crippen LogP contribution in [0.3, 0.4) is 0 Å². The van der Waals surface area contributed by atoms with Crippen LogP contribution in [0.1, 0.15) is 58.4 Å². The van der Waals surface area contributed by atoms with Gasteiger partial charge >= 0.3 is 12.4 Å². The first kappa shape index (κ1) is 85.2. The Balaban J connectivity index is 0.000000166. The van der Waals surface area contributed by atoms with Gasteiger partial charge in [-0.1, -0.05) is 273 Å². The molecule has 0 radical (unpaired) electrons. The molecule has 636 valence electrons. The Morgan fingerprint density at radius 3 is 0.754 bits per heavy atom. The van der Waals surface area contributed by atoms with Gasteiger partial charge in [-0.2, -0.15) is 26.3 Å². The number of alkyl halides is 6. The SMILES string of the molecule is Brc1ccc2c(c1)c1ccccc1n2-c1ccccc1.C=Cc1ccc(N(c2ccc(C(C)(c3ccc(N(c4ccc(C=C)cc4)c4ccc5c(c4)c4ccccc4n5-c4ccccc4)cc3)C(F)(F)F)cc2)c2ccc3c(c2)c2ccccc2n3-c2ccccc2)cc1.C=Cc1ccc(Nc2ccc(C(C)(c3ccc(Nc4ccc(C=C)cc4)cc3)C(F)(F)F)cc2)cc1. The number of anilines is 10. The number of nitrogens with zero attached hydrogens (tertiary/aromatic N) is 5. The average Bonchev–Trinajstić information content (AvgIpc) is 1.23. The highest BCUT2D eigenvalue weighted by Gasteiger charge is 2.55. The van der Waals surface area contributed by atoms with Crippen LogP contribution in [0.15, 0.2) is 443 Å². The summed E-state index contributed by atoms with van der Waals surface area (Å²) in [6.45, 7) is 17.9. The smallest absolute Gasteiger partial charge is 0.356 e. The number of para-hydroxylation sites is 6. The molecule has 0 unspecified atom stereocenters. The lowest BCUT2D eigenvalue weighted by Crippen LogP contribution is -2.40. The Bertz CT molecular complexity index is 7140. The average molecular weight is 1770 g/mol. The van der Waals surface area contributed by atoms with Gasteiger partial charge in [0.2, 0.25) is 0 Å². The molecule has 0 fully saturated rings. The summed E-state index contributed by atoms with van der Waals surface area (Å²) in [5, 5.41) is 13.3. The topological polar surface area (TPSA) is 45.3 Å². The van der Waals surface area contributed by atoms with E-state index in [1.54, 1.807) is 97.1 Å². The van der Waals surface area contributed by atoms with E-state index < -0.39 is 23.2 Å². The zero-order chi connectivity index (χ0) is 89.8. The van der Waals surface area contributed by atoms with Gasteiger partial charge in [-0.15, -0.1) is 0 Å². The number of hydrogen-bond acceptors (Lipinski definition) is 4. The van der Waals surface area contributed by atoms with Crippen molar-refractivity contribution < 1.29 is 26.3 Å². The molecule has 14 heteroatoms. The largest absolute Gasteiger partial charge is 0.402 e. The molecule has 0 saturated carbocycles. The van der Waals surface area contributed by atoms with Crippen LogP contribution in [-0.2, 0) is 10.8 Å². The van der Waals surface area contributed by atoms with Crippen LogP contribution >= 0.6 is 15.9 Å². The lowest BCUT2D eigenvalue weighted by molar-refractivity contribution is -0.173. The molecule has 20 rings (SSSR count). The summed E-state index contributed by atoms with van der Waals surface area (Å²) in [5.74, 6) is 0. The Morgan fingerprint density at radius 2 is 0.469 bits per heavy atom. The molecule has 3 heterocycles. The number of halogens is 7. The normalized spacial score (nSPS) is 11.7. The molecular formula is C116H88BrF6N7. The van der Waals surface area contributed by atoms with E-state index in [4.69, 9.17) is 0 Å². The summed E-state index contributed by atoms with van der Waals surface area (Å²) in [7, 11) is 0. The van der Waals surface area contributed by atoms with E-state index in [-0.39, 0.29) is 22.3 Å². The lowest BCUT2D eigenvalue weighted by atomic mass is 9.75. The highest BCUT2D eigenvalue weighted by molar-refractivity contribution is 9.10. The molecule has 0 amide bonds. The Labute approximate surface area is 759 Å².